The molecule has 1 rings (SSSR count). The standard InChI is InChI=1S/C10H20N2O.CH3FO2/c1-7(2)9(11)10(13)12-6-4-5-8(12)3;2-4-1-3/h7-9H,4-6,11H2,1-3H3;3H,1H2/t8?,9-;/m0./s1. The molecule has 0 aromatic rings. The van der Waals surface area contributed by atoms with Gasteiger partial charge in [-0.2, -0.15) is 4.94 Å². The van der Waals surface area contributed by atoms with Crippen LogP contribution >= 0.6 is 0 Å². The Hall–Kier alpha value is -0.720. The predicted octanol–water partition coefficient (Wildman–Crippen LogP) is 0.818. The van der Waals surface area contributed by atoms with Crippen molar-refractivity contribution in [3.8, 4) is 0 Å². The molecule has 2 atom stereocenters. The van der Waals surface area contributed by atoms with Crippen LogP contribution in [0.4, 0.5) is 4.53 Å². The zero-order chi connectivity index (χ0) is 13.4. The number of nitrogens with two attached hydrogens (primary N) is 1. The topological polar surface area (TPSA) is 75.8 Å². The summed E-state index contributed by atoms with van der Waals surface area (Å²) < 4.78 is 9.97. The van der Waals surface area contributed by atoms with Crippen molar-refractivity contribution in [1.29, 1.82) is 0 Å². The van der Waals surface area contributed by atoms with Gasteiger partial charge in [-0.15, -0.1) is 0 Å². The van der Waals surface area contributed by atoms with Crippen LogP contribution in [-0.2, 0) is 9.74 Å². The minimum atomic E-state index is -0.847. The number of carbonyl (C=O) groups excluding carboxylic acids is 1. The molecule has 1 unspecified atom stereocenters. The average Bonchev–Trinajstić information content (AvgIpc) is 2.73. The first-order valence-corrected chi connectivity index (χ1v) is 5.86. The minimum absolute atomic E-state index is 0.125. The summed E-state index contributed by atoms with van der Waals surface area (Å²) in [6, 6.07) is 0.0675. The van der Waals surface area contributed by atoms with E-state index in [0.717, 1.165) is 19.4 Å². The number of likely N-dealkylation sites (tertiary alicyclic amines) is 1. The second kappa shape index (κ2) is 8.38. The summed E-state index contributed by atoms with van der Waals surface area (Å²) in [6.45, 7) is 6.12. The molecular weight excluding hydrogens is 227 g/mol. The van der Waals surface area contributed by atoms with Crippen LogP contribution in [-0.4, -0.2) is 41.3 Å². The Morgan fingerprint density at radius 3 is 2.47 bits per heavy atom. The molecule has 5 nitrogen and oxygen atoms in total. The van der Waals surface area contributed by atoms with Crippen LogP contribution < -0.4 is 5.73 Å². The van der Waals surface area contributed by atoms with Gasteiger partial charge in [-0.05, 0) is 30.2 Å². The highest BCUT2D eigenvalue weighted by atomic mass is 19.3. The van der Waals surface area contributed by atoms with Gasteiger partial charge in [-0.1, -0.05) is 13.8 Å². The fourth-order valence-electron chi connectivity index (χ4n) is 1.74. The fourth-order valence-corrected chi connectivity index (χ4v) is 1.74. The van der Waals surface area contributed by atoms with E-state index in [1.54, 1.807) is 0 Å². The van der Waals surface area contributed by atoms with Crippen LogP contribution in [0.1, 0.15) is 33.6 Å². The summed E-state index contributed by atoms with van der Waals surface area (Å²) >= 11 is 0. The molecule has 0 aromatic heterocycles. The van der Waals surface area contributed by atoms with E-state index in [9.17, 15) is 9.32 Å². The van der Waals surface area contributed by atoms with Crippen molar-refractivity contribution in [2.75, 3.05) is 13.3 Å². The Morgan fingerprint density at radius 1 is 1.65 bits per heavy atom. The minimum Gasteiger partial charge on any atom is -0.368 e. The highest BCUT2D eigenvalue weighted by Crippen LogP contribution is 2.18. The van der Waals surface area contributed by atoms with E-state index < -0.39 is 6.79 Å². The highest BCUT2D eigenvalue weighted by molar-refractivity contribution is 5.82. The third-order valence-electron chi connectivity index (χ3n) is 2.89. The summed E-state index contributed by atoms with van der Waals surface area (Å²) in [5.74, 6) is 0.361. The number of hydrogen-bond acceptors (Lipinski definition) is 4. The molecule has 1 aliphatic heterocycles. The average molecular weight is 250 g/mol. The third kappa shape index (κ3) is 5.43. The monoisotopic (exact) mass is 250 g/mol. The number of carbonyl (C=O) groups is 1. The van der Waals surface area contributed by atoms with Crippen LogP contribution in [0.25, 0.3) is 0 Å². The second-order valence-electron chi connectivity index (χ2n) is 4.53. The fraction of sp³-hybridized carbons (Fsp3) is 0.909. The van der Waals surface area contributed by atoms with Crippen LogP contribution in [0, 0.1) is 5.92 Å². The lowest BCUT2D eigenvalue weighted by atomic mass is 10.0. The van der Waals surface area contributed by atoms with Crippen LogP contribution in [0.3, 0.4) is 0 Å². The number of nitrogens with zero attached hydrogens (tertiary/aromatic N) is 1. The van der Waals surface area contributed by atoms with E-state index in [1.165, 1.54) is 0 Å². The van der Waals surface area contributed by atoms with Gasteiger partial charge < -0.3 is 15.7 Å². The summed E-state index contributed by atoms with van der Waals surface area (Å²) in [5, 5.41) is 7.28. The van der Waals surface area contributed by atoms with Crippen molar-refractivity contribution < 1.29 is 19.4 Å². The number of amides is 1. The number of hydrogen-bond donors (Lipinski definition) is 2. The largest absolute Gasteiger partial charge is 0.368 e. The summed E-state index contributed by atoms with van der Waals surface area (Å²) in [5.41, 5.74) is 5.81. The molecule has 0 aromatic carbocycles. The van der Waals surface area contributed by atoms with Crippen molar-refractivity contribution in [1.82, 2.24) is 4.90 Å². The highest BCUT2D eigenvalue weighted by Gasteiger charge is 2.29. The molecule has 1 aliphatic rings. The number of halogens is 1. The third-order valence-corrected chi connectivity index (χ3v) is 2.89. The maximum atomic E-state index is 11.8. The Labute approximate surface area is 102 Å². The molecule has 102 valence electrons. The van der Waals surface area contributed by atoms with Gasteiger partial charge in [0.1, 0.15) is 0 Å². The summed E-state index contributed by atoms with van der Waals surface area (Å²) in [6.07, 6.45) is 2.24. The van der Waals surface area contributed by atoms with Crippen LogP contribution in [0.15, 0.2) is 0 Å². The molecule has 1 fully saturated rings. The molecule has 1 amide bonds. The van der Waals surface area contributed by atoms with Crippen molar-refractivity contribution in [2.45, 2.75) is 45.7 Å². The molecular formula is C11H23FN2O3. The first-order valence-electron chi connectivity index (χ1n) is 5.86. The maximum absolute atomic E-state index is 11.8. The smallest absolute Gasteiger partial charge is 0.239 e. The summed E-state index contributed by atoms with van der Waals surface area (Å²) in [7, 11) is 0. The predicted molar refractivity (Wildman–Crippen MR) is 62.5 cm³/mol. The van der Waals surface area contributed by atoms with E-state index in [1.807, 2.05) is 18.7 Å². The Balaban J connectivity index is 0.000000557. The molecule has 0 aliphatic carbocycles. The summed E-state index contributed by atoms with van der Waals surface area (Å²) in [4.78, 5) is 16.3. The van der Waals surface area contributed by atoms with E-state index >= 15 is 0 Å². The molecule has 1 saturated heterocycles. The Bertz CT molecular complexity index is 225. The van der Waals surface area contributed by atoms with Crippen molar-refractivity contribution in [3.05, 3.63) is 0 Å². The lowest BCUT2D eigenvalue weighted by Gasteiger charge is -2.26. The first kappa shape index (κ1) is 16.3. The zero-order valence-electron chi connectivity index (χ0n) is 10.7. The van der Waals surface area contributed by atoms with Crippen molar-refractivity contribution >= 4 is 5.91 Å². The van der Waals surface area contributed by atoms with Gasteiger partial charge in [0.15, 0.2) is 6.79 Å². The second-order valence-corrected chi connectivity index (χ2v) is 4.53. The number of rotatable bonds is 3. The van der Waals surface area contributed by atoms with Gasteiger partial charge in [-0.3, -0.25) is 4.79 Å². The van der Waals surface area contributed by atoms with Gasteiger partial charge in [0.25, 0.3) is 0 Å². The van der Waals surface area contributed by atoms with Crippen molar-refractivity contribution in [3.63, 3.8) is 0 Å². The molecule has 17 heavy (non-hydrogen) atoms. The quantitative estimate of drug-likeness (QED) is 0.727. The molecule has 3 N–H and O–H groups in total. The Kier molecular flexibility index (Phi) is 8.03. The van der Waals surface area contributed by atoms with Gasteiger partial charge in [0.05, 0.1) is 6.04 Å². The normalized spacial score (nSPS) is 21.1. The molecule has 1 heterocycles. The molecule has 6 heteroatoms. The maximum Gasteiger partial charge on any atom is 0.239 e. The Morgan fingerprint density at radius 2 is 2.18 bits per heavy atom. The molecule has 0 saturated carbocycles. The molecule has 0 spiro atoms. The number of aliphatic hydroxyl groups is 1. The van der Waals surface area contributed by atoms with Crippen LogP contribution in [0.2, 0.25) is 0 Å². The SMILES string of the molecule is CC(C)[C@H](N)C(=O)N1CCCC1C.OCOF. The molecule has 0 bridgehead atoms. The van der Waals surface area contributed by atoms with Gasteiger partial charge >= 0.3 is 0 Å². The van der Waals surface area contributed by atoms with Gasteiger partial charge in [0.2, 0.25) is 5.91 Å². The van der Waals surface area contributed by atoms with Gasteiger partial charge in [-0.25, -0.2) is 0 Å². The van der Waals surface area contributed by atoms with E-state index in [2.05, 4.69) is 11.9 Å². The van der Waals surface area contributed by atoms with Crippen molar-refractivity contribution in [2.24, 2.45) is 11.7 Å². The van der Waals surface area contributed by atoms with E-state index in [4.69, 9.17) is 10.8 Å². The lowest BCUT2D eigenvalue weighted by Crippen LogP contribution is -2.47. The zero-order valence-corrected chi connectivity index (χ0v) is 10.7. The lowest BCUT2D eigenvalue weighted by molar-refractivity contribution is -0.193. The van der Waals surface area contributed by atoms with E-state index in [-0.39, 0.29) is 17.9 Å². The first-order chi connectivity index (χ1) is 7.95. The van der Waals surface area contributed by atoms with Crippen LogP contribution in [0.5, 0.6) is 0 Å². The van der Waals surface area contributed by atoms with Gasteiger partial charge in [0, 0.05) is 12.6 Å². The molecule has 0 radical (unpaired) electrons. The van der Waals surface area contributed by atoms with E-state index in [0.29, 0.717) is 6.04 Å². The number of aliphatic hydroxyl groups excluding tert-OH is 1.